The van der Waals surface area contributed by atoms with E-state index in [1.807, 2.05) is 66.7 Å². The van der Waals surface area contributed by atoms with Crippen molar-refractivity contribution in [3.05, 3.63) is 95.8 Å². The fourth-order valence-electron chi connectivity index (χ4n) is 2.56. The van der Waals surface area contributed by atoms with Crippen LogP contribution in [0.15, 0.2) is 79.0 Å². The lowest BCUT2D eigenvalue weighted by atomic mass is 10.0. The number of aromatic nitrogens is 1. The summed E-state index contributed by atoms with van der Waals surface area (Å²) in [6, 6.07) is 23.7. The molecule has 3 nitrogen and oxygen atoms in total. The zero-order valence-corrected chi connectivity index (χ0v) is 13.5. The molecule has 0 saturated carbocycles. The van der Waals surface area contributed by atoms with Crippen LogP contribution in [0.3, 0.4) is 0 Å². The second kappa shape index (κ2) is 8.27. The van der Waals surface area contributed by atoms with Gasteiger partial charge in [-0.25, -0.2) is 0 Å². The maximum absolute atomic E-state index is 10.2. The minimum absolute atomic E-state index is 0.542. The number of hydrogen-bond donors (Lipinski definition) is 1. The third-order valence-electron chi connectivity index (χ3n) is 3.88. The minimum Gasteiger partial charge on any atom is -0.489 e. The Hall–Kier alpha value is -2.65. The zero-order chi connectivity index (χ0) is 16.6. The molecule has 1 N–H and O–H groups in total. The molecular formula is C21H21NO2. The van der Waals surface area contributed by atoms with E-state index in [1.165, 1.54) is 0 Å². The smallest absolute Gasteiger partial charge is 0.120 e. The van der Waals surface area contributed by atoms with Gasteiger partial charge in [-0.3, -0.25) is 4.98 Å². The van der Waals surface area contributed by atoms with Gasteiger partial charge in [0.15, 0.2) is 0 Å². The van der Waals surface area contributed by atoms with E-state index in [1.54, 1.807) is 6.20 Å². The molecule has 0 aliphatic carbocycles. The van der Waals surface area contributed by atoms with Crippen molar-refractivity contribution in [3.63, 3.8) is 0 Å². The molecule has 122 valence electrons. The van der Waals surface area contributed by atoms with Crippen LogP contribution in [0.5, 0.6) is 5.75 Å². The van der Waals surface area contributed by atoms with Crippen LogP contribution < -0.4 is 4.74 Å². The lowest BCUT2D eigenvalue weighted by molar-refractivity contribution is 0.163. The summed E-state index contributed by atoms with van der Waals surface area (Å²) in [6.45, 7) is 0.556. The molecule has 0 bridgehead atoms. The second-order valence-electron chi connectivity index (χ2n) is 5.73. The SMILES string of the molecule is OC(CCc1cccc(OCc2ccccc2)c1)c1ccccn1. The minimum atomic E-state index is -0.542. The molecule has 0 amide bonds. The van der Waals surface area contributed by atoms with Crippen LogP contribution in [0.1, 0.15) is 29.3 Å². The summed E-state index contributed by atoms with van der Waals surface area (Å²) >= 11 is 0. The number of aliphatic hydroxyl groups is 1. The van der Waals surface area contributed by atoms with Crippen LogP contribution >= 0.6 is 0 Å². The van der Waals surface area contributed by atoms with E-state index in [0.29, 0.717) is 18.7 Å². The van der Waals surface area contributed by atoms with E-state index < -0.39 is 6.10 Å². The summed E-state index contributed by atoms with van der Waals surface area (Å²) in [5, 5.41) is 10.2. The highest BCUT2D eigenvalue weighted by Gasteiger charge is 2.08. The Morgan fingerprint density at radius 2 is 1.67 bits per heavy atom. The number of rotatable bonds is 7. The highest BCUT2D eigenvalue weighted by Crippen LogP contribution is 2.20. The lowest BCUT2D eigenvalue weighted by Crippen LogP contribution is -2.02. The average Bonchev–Trinajstić information content (AvgIpc) is 2.66. The third-order valence-corrected chi connectivity index (χ3v) is 3.88. The first-order valence-electron chi connectivity index (χ1n) is 8.16. The van der Waals surface area contributed by atoms with Gasteiger partial charge in [-0.05, 0) is 48.2 Å². The van der Waals surface area contributed by atoms with E-state index in [-0.39, 0.29) is 0 Å². The summed E-state index contributed by atoms with van der Waals surface area (Å²) in [6.07, 6.45) is 2.58. The number of hydrogen-bond acceptors (Lipinski definition) is 3. The Labute approximate surface area is 142 Å². The molecule has 0 aliphatic rings. The molecule has 0 fully saturated rings. The van der Waals surface area contributed by atoms with Crippen LogP contribution in [-0.4, -0.2) is 10.1 Å². The standard InChI is InChI=1S/C21H21NO2/c23-21(20-11-4-5-14-22-20)13-12-17-9-6-10-19(15-17)24-16-18-7-2-1-3-8-18/h1-11,14-15,21,23H,12-13,16H2. The lowest BCUT2D eigenvalue weighted by Gasteiger charge is -2.11. The maximum Gasteiger partial charge on any atom is 0.120 e. The number of ether oxygens (including phenoxy) is 1. The van der Waals surface area contributed by atoms with E-state index in [9.17, 15) is 5.11 Å². The fourth-order valence-corrected chi connectivity index (χ4v) is 2.56. The van der Waals surface area contributed by atoms with Crippen molar-refractivity contribution in [1.29, 1.82) is 0 Å². The monoisotopic (exact) mass is 319 g/mol. The van der Waals surface area contributed by atoms with Crippen molar-refractivity contribution >= 4 is 0 Å². The molecule has 24 heavy (non-hydrogen) atoms. The first-order valence-corrected chi connectivity index (χ1v) is 8.16. The highest BCUT2D eigenvalue weighted by atomic mass is 16.5. The molecule has 3 heteroatoms. The van der Waals surface area contributed by atoms with Crippen molar-refractivity contribution in [2.45, 2.75) is 25.6 Å². The topological polar surface area (TPSA) is 42.4 Å². The molecule has 3 rings (SSSR count). The maximum atomic E-state index is 10.2. The molecule has 0 spiro atoms. The normalized spacial score (nSPS) is 11.9. The molecule has 0 aliphatic heterocycles. The summed E-state index contributed by atoms with van der Waals surface area (Å²) in [5.74, 6) is 0.851. The fraction of sp³-hybridized carbons (Fsp3) is 0.190. The number of pyridine rings is 1. The number of aliphatic hydroxyl groups excluding tert-OH is 1. The quantitative estimate of drug-likeness (QED) is 0.705. The van der Waals surface area contributed by atoms with Crippen LogP contribution in [0.2, 0.25) is 0 Å². The van der Waals surface area contributed by atoms with Gasteiger partial charge in [0.2, 0.25) is 0 Å². The Morgan fingerprint density at radius 3 is 2.46 bits per heavy atom. The third kappa shape index (κ3) is 4.67. The van der Waals surface area contributed by atoms with Gasteiger partial charge >= 0.3 is 0 Å². The van der Waals surface area contributed by atoms with Gasteiger partial charge in [0.1, 0.15) is 12.4 Å². The van der Waals surface area contributed by atoms with E-state index >= 15 is 0 Å². The van der Waals surface area contributed by atoms with E-state index in [4.69, 9.17) is 4.74 Å². The van der Waals surface area contributed by atoms with Crippen LogP contribution in [0.4, 0.5) is 0 Å². The van der Waals surface area contributed by atoms with E-state index in [0.717, 1.165) is 23.3 Å². The Balaban J connectivity index is 1.55. The van der Waals surface area contributed by atoms with Crippen molar-refractivity contribution < 1.29 is 9.84 Å². The molecule has 1 atom stereocenters. The Bertz CT molecular complexity index is 744. The van der Waals surface area contributed by atoms with Gasteiger partial charge in [0, 0.05) is 6.20 Å². The number of aryl methyl sites for hydroxylation is 1. The van der Waals surface area contributed by atoms with Gasteiger partial charge < -0.3 is 9.84 Å². The van der Waals surface area contributed by atoms with Crippen LogP contribution in [0, 0.1) is 0 Å². The van der Waals surface area contributed by atoms with Crippen LogP contribution in [0.25, 0.3) is 0 Å². The Morgan fingerprint density at radius 1 is 0.875 bits per heavy atom. The van der Waals surface area contributed by atoms with Crippen LogP contribution in [-0.2, 0) is 13.0 Å². The van der Waals surface area contributed by atoms with Crippen molar-refractivity contribution in [2.75, 3.05) is 0 Å². The molecule has 1 aromatic heterocycles. The van der Waals surface area contributed by atoms with Crippen molar-refractivity contribution in [2.24, 2.45) is 0 Å². The van der Waals surface area contributed by atoms with Crippen molar-refractivity contribution in [1.82, 2.24) is 4.98 Å². The van der Waals surface area contributed by atoms with Crippen molar-refractivity contribution in [3.8, 4) is 5.75 Å². The summed E-state index contributed by atoms with van der Waals surface area (Å²) < 4.78 is 5.85. The van der Waals surface area contributed by atoms with Gasteiger partial charge in [-0.1, -0.05) is 48.5 Å². The molecular weight excluding hydrogens is 298 g/mol. The van der Waals surface area contributed by atoms with Gasteiger partial charge in [-0.2, -0.15) is 0 Å². The van der Waals surface area contributed by atoms with Gasteiger partial charge in [0.05, 0.1) is 11.8 Å². The Kier molecular flexibility index (Phi) is 5.59. The molecule has 0 radical (unpaired) electrons. The summed E-state index contributed by atoms with van der Waals surface area (Å²) in [5.41, 5.74) is 3.01. The predicted molar refractivity (Wildman–Crippen MR) is 94.7 cm³/mol. The highest BCUT2D eigenvalue weighted by molar-refractivity contribution is 5.29. The first kappa shape index (κ1) is 16.2. The van der Waals surface area contributed by atoms with Gasteiger partial charge in [0.25, 0.3) is 0 Å². The molecule has 3 aromatic rings. The second-order valence-corrected chi connectivity index (χ2v) is 5.73. The van der Waals surface area contributed by atoms with E-state index in [2.05, 4.69) is 11.1 Å². The number of benzene rings is 2. The zero-order valence-electron chi connectivity index (χ0n) is 13.5. The molecule has 2 aromatic carbocycles. The molecule has 0 saturated heterocycles. The van der Waals surface area contributed by atoms with Gasteiger partial charge in [-0.15, -0.1) is 0 Å². The predicted octanol–water partition coefficient (Wildman–Crippen LogP) is 4.33. The first-order chi connectivity index (χ1) is 11.8. The largest absolute Gasteiger partial charge is 0.489 e. The molecule has 1 heterocycles. The summed E-state index contributed by atoms with van der Waals surface area (Å²) in [7, 11) is 0. The summed E-state index contributed by atoms with van der Waals surface area (Å²) in [4.78, 5) is 4.20. The average molecular weight is 319 g/mol. The molecule has 1 unspecified atom stereocenters. The number of nitrogens with zero attached hydrogens (tertiary/aromatic N) is 1.